The molecule has 21 heavy (non-hydrogen) atoms. The van der Waals surface area contributed by atoms with Gasteiger partial charge in [0.15, 0.2) is 5.96 Å². The Morgan fingerprint density at radius 2 is 2.19 bits per heavy atom. The van der Waals surface area contributed by atoms with Crippen LogP contribution in [0.5, 0.6) is 0 Å². The third-order valence-electron chi connectivity index (χ3n) is 3.62. The number of rotatable bonds is 4. The third kappa shape index (κ3) is 4.68. The Labute approximate surface area is 135 Å². The van der Waals surface area contributed by atoms with Gasteiger partial charge in [0, 0.05) is 36.8 Å². The Balaban J connectivity index is 1.80. The molecule has 1 heterocycles. The van der Waals surface area contributed by atoms with Crippen LogP contribution in [-0.2, 0) is 0 Å². The zero-order valence-corrected chi connectivity index (χ0v) is 13.9. The summed E-state index contributed by atoms with van der Waals surface area (Å²) < 4.78 is 1.12. The molecule has 0 saturated carbocycles. The van der Waals surface area contributed by atoms with E-state index in [1.165, 1.54) is 12.1 Å². The predicted molar refractivity (Wildman–Crippen MR) is 92.7 cm³/mol. The molecule has 1 aromatic rings. The maximum atomic E-state index is 5.24. The number of halogens is 1. The highest BCUT2D eigenvalue weighted by atomic mass is 79.9. The van der Waals surface area contributed by atoms with Gasteiger partial charge in [0.25, 0.3) is 0 Å². The van der Waals surface area contributed by atoms with Crippen molar-refractivity contribution in [3.8, 4) is 12.3 Å². The molecule has 0 aromatic heterocycles. The molecule has 1 aromatic carbocycles. The average molecular weight is 349 g/mol. The number of anilines is 1. The lowest BCUT2D eigenvalue weighted by molar-refractivity contribution is 0.567. The first-order valence-corrected chi connectivity index (χ1v) is 7.90. The minimum atomic E-state index is 0.495. The van der Waals surface area contributed by atoms with Crippen molar-refractivity contribution < 1.29 is 0 Å². The number of hydrogen-bond donors (Lipinski definition) is 2. The molecule has 5 heteroatoms. The summed E-state index contributed by atoms with van der Waals surface area (Å²) in [5.74, 6) is 3.95. The van der Waals surface area contributed by atoms with Crippen LogP contribution in [0.4, 0.5) is 5.69 Å². The molecule has 1 fully saturated rings. The summed E-state index contributed by atoms with van der Waals surface area (Å²) in [5.41, 5.74) is 1.29. The van der Waals surface area contributed by atoms with Crippen molar-refractivity contribution in [3.05, 3.63) is 28.7 Å². The van der Waals surface area contributed by atoms with Gasteiger partial charge in [-0.3, -0.25) is 4.99 Å². The lowest BCUT2D eigenvalue weighted by Gasteiger charge is -2.19. The normalized spacial score (nSPS) is 18.4. The van der Waals surface area contributed by atoms with Crippen LogP contribution in [0.3, 0.4) is 0 Å². The summed E-state index contributed by atoms with van der Waals surface area (Å²) in [6, 6.07) is 8.50. The first-order valence-electron chi connectivity index (χ1n) is 7.11. The van der Waals surface area contributed by atoms with Gasteiger partial charge in [0.1, 0.15) is 0 Å². The highest BCUT2D eigenvalue weighted by Gasteiger charge is 2.22. The molecule has 112 valence electrons. The van der Waals surface area contributed by atoms with E-state index < -0.39 is 0 Å². The van der Waals surface area contributed by atoms with Crippen molar-refractivity contribution in [1.82, 2.24) is 10.6 Å². The van der Waals surface area contributed by atoms with Crippen LogP contribution in [0.25, 0.3) is 0 Å². The van der Waals surface area contributed by atoms with E-state index in [1.807, 2.05) is 0 Å². The van der Waals surface area contributed by atoms with Gasteiger partial charge in [0.2, 0.25) is 0 Å². The molecule has 2 N–H and O–H groups in total. The van der Waals surface area contributed by atoms with Gasteiger partial charge in [-0.2, -0.15) is 0 Å². The van der Waals surface area contributed by atoms with Crippen molar-refractivity contribution in [1.29, 1.82) is 0 Å². The van der Waals surface area contributed by atoms with E-state index in [2.05, 4.69) is 66.6 Å². The molecular weight excluding hydrogens is 328 g/mol. The first-order chi connectivity index (χ1) is 10.2. The molecule has 0 amide bonds. The second-order valence-corrected chi connectivity index (χ2v) is 6.00. The van der Waals surface area contributed by atoms with Crippen LogP contribution < -0.4 is 15.5 Å². The fourth-order valence-electron chi connectivity index (χ4n) is 2.48. The molecule has 4 nitrogen and oxygen atoms in total. The molecule has 1 aliphatic rings. The molecule has 1 unspecified atom stereocenters. The summed E-state index contributed by atoms with van der Waals surface area (Å²) in [7, 11) is 1.76. The monoisotopic (exact) mass is 348 g/mol. The number of hydrogen-bond acceptors (Lipinski definition) is 2. The van der Waals surface area contributed by atoms with E-state index in [9.17, 15) is 0 Å². The molecule has 0 spiro atoms. The standard InChI is InChI=1S/C16H21BrN4/c1-3-9-19-16(18-2)20-11-13-8-10-21(12-13)15-6-4-14(17)5-7-15/h1,4-7,13H,8-12H2,2H3,(H2,18,19,20). The topological polar surface area (TPSA) is 39.7 Å². The van der Waals surface area contributed by atoms with Crippen molar-refractivity contribution in [2.24, 2.45) is 10.9 Å². The Kier molecular flexibility index (Phi) is 5.94. The lowest BCUT2D eigenvalue weighted by Crippen LogP contribution is -2.40. The number of nitrogens with one attached hydrogen (secondary N) is 2. The zero-order valence-electron chi connectivity index (χ0n) is 12.3. The second kappa shape index (κ2) is 7.94. The number of terminal acetylenes is 1. The van der Waals surface area contributed by atoms with Gasteiger partial charge in [-0.25, -0.2) is 0 Å². The largest absolute Gasteiger partial charge is 0.371 e. The number of aliphatic imine (C=N–C) groups is 1. The van der Waals surface area contributed by atoms with Crippen LogP contribution in [0.1, 0.15) is 6.42 Å². The summed E-state index contributed by atoms with van der Waals surface area (Å²) in [6.45, 7) is 3.58. The van der Waals surface area contributed by atoms with E-state index in [1.54, 1.807) is 7.05 Å². The molecule has 1 aliphatic heterocycles. The Bertz CT molecular complexity index is 518. The van der Waals surface area contributed by atoms with Crippen LogP contribution in [0.2, 0.25) is 0 Å². The van der Waals surface area contributed by atoms with Crippen molar-refractivity contribution in [3.63, 3.8) is 0 Å². The Hall–Kier alpha value is -1.67. The fourth-order valence-corrected chi connectivity index (χ4v) is 2.75. The molecule has 0 bridgehead atoms. The molecule has 1 atom stereocenters. The summed E-state index contributed by atoms with van der Waals surface area (Å²) >= 11 is 3.47. The minimum absolute atomic E-state index is 0.495. The van der Waals surface area contributed by atoms with Gasteiger partial charge in [-0.1, -0.05) is 21.9 Å². The summed E-state index contributed by atoms with van der Waals surface area (Å²) in [4.78, 5) is 6.58. The minimum Gasteiger partial charge on any atom is -0.371 e. The van der Waals surface area contributed by atoms with Crippen molar-refractivity contribution in [2.75, 3.05) is 38.1 Å². The summed E-state index contributed by atoms with van der Waals surface area (Å²) in [6.07, 6.45) is 6.43. The first kappa shape index (κ1) is 15.7. The molecule has 0 aliphatic carbocycles. The van der Waals surface area contributed by atoms with Crippen LogP contribution in [0, 0.1) is 18.3 Å². The SMILES string of the molecule is C#CCNC(=NC)NCC1CCN(c2ccc(Br)cc2)C1. The van der Waals surface area contributed by atoms with Gasteiger partial charge in [0.05, 0.1) is 6.54 Å². The number of guanidine groups is 1. The van der Waals surface area contributed by atoms with E-state index in [0.717, 1.165) is 30.1 Å². The average Bonchev–Trinajstić information content (AvgIpc) is 2.97. The third-order valence-corrected chi connectivity index (χ3v) is 4.15. The number of benzene rings is 1. The van der Waals surface area contributed by atoms with E-state index in [0.29, 0.717) is 12.5 Å². The van der Waals surface area contributed by atoms with Crippen molar-refractivity contribution >= 4 is 27.6 Å². The predicted octanol–water partition coefficient (Wildman–Crippen LogP) is 2.07. The maximum Gasteiger partial charge on any atom is 0.191 e. The van der Waals surface area contributed by atoms with E-state index in [-0.39, 0.29) is 0 Å². The molecule has 0 radical (unpaired) electrons. The smallest absolute Gasteiger partial charge is 0.191 e. The van der Waals surface area contributed by atoms with Gasteiger partial charge < -0.3 is 15.5 Å². The Morgan fingerprint density at radius 1 is 1.43 bits per heavy atom. The number of nitrogens with zero attached hydrogens (tertiary/aromatic N) is 2. The van der Waals surface area contributed by atoms with Gasteiger partial charge in [-0.05, 0) is 36.6 Å². The van der Waals surface area contributed by atoms with Crippen LogP contribution in [0.15, 0.2) is 33.7 Å². The van der Waals surface area contributed by atoms with Gasteiger partial charge in [-0.15, -0.1) is 6.42 Å². The fraction of sp³-hybridized carbons (Fsp3) is 0.438. The molecular formula is C16H21BrN4. The second-order valence-electron chi connectivity index (χ2n) is 5.09. The Morgan fingerprint density at radius 3 is 2.86 bits per heavy atom. The molecule has 1 saturated heterocycles. The summed E-state index contributed by atoms with van der Waals surface area (Å²) in [5, 5.41) is 6.41. The van der Waals surface area contributed by atoms with E-state index in [4.69, 9.17) is 6.42 Å². The van der Waals surface area contributed by atoms with Gasteiger partial charge >= 0.3 is 0 Å². The lowest BCUT2D eigenvalue weighted by atomic mass is 10.1. The van der Waals surface area contributed by atoms with E-state index >= 15 is 0 Å². The van der Waals surface area contributed by atoms with Crippen LogP contribution >= 0.6 is 15.9 Å². The molecule has 2 rings (SSSR count). The zero-order chi connectivity index (χ0) is 15.1. The quantitative estimate of drug-likeness (QED) is 0.497. The highest BCUT2D eigenvalue weighted by molar-refractivity contribution is 9.10. The highest BCUT2D eigenvalue weighted by Crippen LogP contribution is 2.24. The maximum absolute atomic E-state index is 5.24. The van der Waals surface area contributed by atoms with Crippen LogP contribution in [-0.4, -0.2) is 39.2 Å². The van der Waals surface area contributed by atoms with Crippen molar-refractivity contribution in [2.45, 2.75) is 6.42 Å².